The third-order valence-corrected chi connectivity index (χ3v) is 4.13. The van der Waals surface area contributed by atoms with Crippen LogP contribution in [0.5, 0.6) is 5.75 Å². The molecule has 1 aliphatic heterocycles. The van der Waals surface area contributed by atoms with E-state index in [9.17, 15) is 14.4 Å². The zero-order valence-corrected chi connectivity index (χ0v) is 14.8. The number of hydrogen-bond donors (Lipinski definition) is 0. The molecule has 2 rings (SSSR count). The number of rotatable bonds is 4. The number of carbonyl (C=O) groups is 3. The Hall–Kier alpha value is -2.89. The number of benzene rings is 1. The average molecular weight is 343 g/mol. The van der Waals surface area contributed by atoms with Crippen LogP contribution >= 0.6 is 0 Å². The Labute approximate surface area is 146 Å². The van der Waals surface area contributed by atoms with E-state index < -0.39 is 17.8 Å². The maximum Gasteiger partial charge on any atom is 0.343 e. The fourth-order valence-electron chi connectivity index (χ4n) is 2.58. The Balaban J connectivity index is 2.18. The van der Waals surface area contributed by atoms with E-state index in [2.05, 4.69) is 4.74 Å². The molecule has 0 saturated heterocycles. The van der Waals surface area contributed by atoms with Gasteiger partial charge in [0.25, 0.3) is 11.8 Å². The maximum atomic E-state index is 12.4. The van der Waals surface area contributed by atoms with Gasteiger partial charge in [-0.05, 0) is 49.1 Å². The molecule has 6 heteroatoms. The van der Waals surface area contributed by atoms with Gasteiger partial charge in [0.1, 0.15) is 11.3 Å². The van der Waals surface area contributed by atoms with Gasteiger partial charge in [-0.2, -0.15) is 0 Å². The van der Waals surface area contributed by atoms with Crippen molar-refractivity contribution in [2.24, 2.45) is 0 Å². The van der Waals surface area contributed by atoms with Crippen LogP contribution in [0, 0.1) is 13.8 Å². The van der Waals surface area contributed by atoms with Crippen LogP contribution in [0.15, 0.2) is 29.9 Å². The van der Waals surface area contributed by atoms with E-state index in [0.29, 0.717) is 6.42 Å². The molecule has 0 aliphatic carbocycles. The molecule has 132 valence electrons. The van der Waals surface area contributed by atoms with Crippen LogP contribution in [0.4, 0.5) is 0 Å². The first-order valence-electron chi connectivity index (χ1n) is 7.86. The molecule has 0 radical (unpaired) electrons. The van der Waals surface area contributed by atoms with Gasteiger partial charge < -0.3 is 9.47 Å². The molecule has 0 saturated carbocycles. The molecule has 0 N–H and O–H groups in total. The van der Waals surface area contributed by atoms with E-state index in [-0.39, 0.29) is 12.1 Å². The quantitative estimate of drug-likeness (QED) is 0.476. The number of esters is 1. The van der Waals surface area contributed by atoms with Gasteiger partial charge in [-0.3, -0.25) is 14.5 Å². The minimum atomic E-state index is -0.731. The molecule has 0 bridgehead atoms. The summed E-state index contributed by atoms with van der Waals surface area (Å²) in [4.78, 5) is 37.2. The van der Waals surface area contributed by atoms with Crippen molar-refractivity contribution in [3.8, 4) is 5.75 Å². The van der Waals surface area contributed by atoms with Gasteiger partial charge >= 0.3 is 5.97 Å². The van der Waals surface area contributed by atoms with Gasteiger partial charge in [-0.1, -0.05) is 12.1 Å². The van der Waals surface area contributed by atoms with E-state index in [1.165, 1.54) is 19.3 Å². The fourth-order valence-corrected chi connectivity index (χ4v) is 2.58. The zero-order valence-electron chi connectivity index (χ0n) is 14.8. The smallest absolute Gasteiger partial charge is 0.343 e. The first-order chi connectivity index (χ1) is 11.9. The Morgan fingerprint density at radius 1 is 1.20 bits per heavy atom. The van der Waals surface area contributed by atoms with Crippen molar-refractivity contribution in [1.29, 1.82) is 0 Å². The lowest BCUT2D eigenvalue weighted by Gasteiger charge is -2.23. The van der Waals surface area contributed by atoms with Crippen molar-refractivity contribution >= 4 is 23.9 Å². The zero-order chi connectivity index (χ0) is 18.6. The summed E-state index contributed by atoms with van der Waals surface area (Å²) in [7, 11) is 2.79. The standard InChI is InChI=1S/C19H21NO5/c1-12-10-14(11-16(24-3)13(12)2)7-8-17(21)20-9-5-6-15(18(20)22)19(23)25-4/h6-8,10-11H,5,9H2,1-4H3/b8-7+. The van der Waals surface area contributed by atoms with Crippen LogP contribution in [0.1, 0.15) is 23.1 Å². The lowest BCUT2D eigenvalue weighted by atomic mass is 10.0. The molecule has 0 spiro atoms. The Kier molecular flexibility index (Phi) is 5.75. The second kappa shape index (κ2) is 7.79. The third-order valence-electron chi connectivity index (χ3n) is 4.13. The normalized spacial score (nSPS) is 14.5. The number of methoxy groups -OCH3 is 2. The van der Waals surface area contributed by atoms with Crippen molar-refractivity contribution in [2.45, 2.75) is 20.3 Å². The minimum absolute atomic E-state index is 0.108. The van der Waals surface area contributed by atoms with Crippen LogP contribution in [0.2, 0.25) is 0 Å². The van der Waals surface area contributed by atoms with E-state index in [1.807, 2.05) is 26.0 Å². The van der Waals surface area contributed by atoms with Crippen LogP contribution in [0.3, 0.4) is 0 Å². The summed E-state index contributed by atoms with van der Waals surface area (Å²) in [6, 6.07) is 3.75. The topological polar surface area (TPSA) is 72.9 Å². The van der Waals surface area contributed by atoms with Crippen LogP contribution in [-0.4, -0.2) is 43.4 Å². The van der Waals surface area contributed by atoms with Crippen molar-refractivity contribution in [3.63, 3.8) is 0 Å². The van der Waals surface area contributed by atoms with Crippen molar-refractivity contribution in [1.82, 2.24) is 4.90 Å². The molecule has 1 aromatic carbocycles. The molecule has 1 aromatic rings. The molecule has 1 aliphatic rings. The van der Waals surface area contributed by atoms with Crippen LogP contribution in [0.25, 0.3) is 6.08 Å². The Bertz CT molecular complexity index is 776. The van der Waals surface area contributed by atoms with E-state index in [0.717, 1.165) is 27.3 Å². The van der Waals surface area contributed by atoms with Gasteiger partial charge in [0.15, 0.2) is 0 Å². The predicted molar refractivity (Wildman–Crippen MR) is 92.9 cm³/mol. The average Bonchev–Trinajstić information content (AvgIpc) is 2.61. The van der Waals surface area contributed by atoms with E-state index in [1.54, 1.807) is 13.2 Å². The number of imide groups is 1. The number of nitrogens with zero attached hydrogens (tertiary/aromatic N) is 1. The predicted octanol–water partition coefficient (Wildman–Crippen LogP) is 2.18. The van der Waals surface area contributed by atoms with Gasteiger partial charge in [0.2, 0.25) is 0 Å². The molecular formula is C19H21NO5. The SMILES string of the molecule is COC(=O)C1=CCCN(C(=O)/C=C/c2cc(C)c(C)c(OC)c2)C1=O. The highest BCUT2D eigenvalue weighted by atomic mass is 16.5. The summed E-state index contributed by atoms with van der Waals surface area (Å²) in [5.74, 6) is -1.11. The summed E-state index contributed by atoms with van der Waals surface area (Å²) < 4.78 is 9.89. The molecule has 0 aromatic heterocycles. The molecule has 0 atom stereocenters. The first kappa shape index (κ1) is 18.4. The van der Waals surface area contributed by atoms with Gasteiger partial charge in [0.05, 0.1) is 14.2 Å². The lowest BCUT2D eigenvalue weighted by Crippen LogP contribution is -2.41. The second-order valence-electron chi connectivity index (χ2n) is 5.69. The molecular weight excluding hydrogens is 322 g/mol. The molecule has 6 nitrogen and oxygen atoms in total. The first-order valence-corrected chi connectivity index (χ1v) is 7.86. The van der Waals surface area contributed by atoms with Gasteiger partial charge in [-0.15, -0.1) is 0 Å². The number of amides is 2. The second-order valence-corrected chi connectivity index (χ2v) is 5.69. The Morgan fingerprint density at radius 3 is 2.56 bits per heavy atom. The molecule has 2 amide bonds. The summed E-state index contributed by atoms with van der Waals surface area (Å²) in [5, 5.41) is 0. The van der Waals surface area contributed by atoms with Gasteiger partial charge in [-0.25, -0.2) is 4.79 Å². The number of hydrogen-bond acceptors (Lipinski definition) is 5. The fraction of sp³-hybridized carbons (Fsp3) is 0.316. The number of carbonyl (C=O) groups excluding carboxylic acids is 3. The highest BCUT2D eigenvalue weighted by Gasteiger charge is 2.30. The van der Waals surface area contributed by atoms with Crippen molar-refractivity contribution in [2.75, 3.05) is 20.8 Å². The molecule has 25 heavy (non-hydrogen) atoms. The minimum Gasteiger partial charge on any atom is -0.496 e. The van der Waals surface area contributed by atoms with Crippen LogP contribution < -0.4 is 4.74 Å². The number of ether oxygens (including phenoxy) is 2. The molecule has 1 heterocycles. The largest absolute Gasteiger partial charge is 0.496 e. The molecule has 0 unspecified atom stereocenters. The summed E-state index contributed by atoms with van der Waals surface area (Å²) in [5.41, 5.74) is 2.76. The highest BCUT2D eigenvalue weighted by Crippen LogP contribution is 2.24. The summed E-state index contributed by atoms with van der Waals surface area (Å²) in [6.45, 7) is 4.15. The number of aryl methyl sites for hydroxylation is 1. The van der Waals surface area contributed by atoms with Crippen molar-refractivity contribution < 1.29 is 23.9 Å². The Morgan fingerprint density at radius 2 is 1.92 bits per heavy atom. The maximum absolute atomic E-state index is 12.4. The monoisotopic (exact) mass is 343 g/mol. The summed E-state index contributed by atoms with van der Waals surface area (Å²) >= 11 is 0. The highest BCUT2D eigenvalue weighted by molar-refractivity contribution is 6.21. The van der Waals surface area contributed by atoms with Crippen LogP contribution in [-0.2, 0) is 19.1 Å². The van der Waals surface area contributed by atoms with Gasteiger partial charge in [0, 0.05) is 12.6 Å². The molecule has 0 fully saturated rings. The third kappa shape index (κ3) is 3.96. The van der Waals surface area contributed by atoms with E-state index in [4.69, 9.17) is 4.74 Å². The lowest BCUT2D eigenvalue weighted by molar-refractivity contribution is -0.144. The summed E-state index contributed by atoms with van der Waals surface area (Å²) in [6.07, 6.45) is 4.87. The van der Waals surface area contributed by atoms with Crippen molar-refractivity contribution in [3.05, 3.63) is 46.5 Å². The van der Waals surface area contributed by atoms with E-state index >= 15 is 0 Å².